The molecule has 0 aromatic heterocycles. The molecular weight excluding hydrogens is 865 g/mol. The van der Waals surface area contributed by atoms with Crippen LogP contribution in [0.3, 0.4) is 0 Å². The van der Waals surface area contributed by atoms with Gasteiger partial charge in [-0.05, 0) is 96.3 Å². The van der Waals surface area contributed by atoms with E-state index in [4.69, 9.17) is 14.2 Å². The van der Waals surface area contributed by atoms with Gasteiger partial charge in [-0.15, -0.1) is 0 Å². The Morgan fingerprint density at radius 3 is 0.871 bits per heavy atom. The minimum Gasteiger partial charge on any atom is -0.462 e. The molecule has 0 amide bonds. The van der Waals surface area contributed by atoms with E-state index in [0.717, 1.165) is 135 Å². The molecule has 0 saturated carbocycles. The third-order valence-electron chi connectivity index (χ3n) is 11.7. The number of rotatable bonds is 50. The highest BCUT2D eigenvalue weighted by atomic mass is 16.6. The smallest absolute Gasteiger partial charge is 0.306 e. The van der Waals surface area contributed by atoms with Crippen molar-refractivity contribution in [1.82, 2.24) is 0 Å². The molecule has 0 radical (unpaired) electrons. The normalized spacial score (nSPS) is 13.0. The molecule has 0 aliphatic carbocycles. The van der Waals surface area contributed by atoms with Crippen LogP contribution in [0.1, 0.15) is 245 Å². The maximum absolute atomic E-state index is 12.7. The predicted molar refractivity (Wildman–Crippen MR) is 302 cm³/mol. The van der Waals surface area contributed by atoms with Crippen LogP contribution in [0.25, 0.3) is 0 Å². The van der Waals surface area contributed by atoms with Gasteiger partial charge in [0.1, 0.15) is 13.2 Å². The largest absolute Gasteiger partial charge is 0.462 e. The summed E-state index contributed by atoms with van der Waals surface area (Å²) in [4.78, 5) is 37.8. The summed E-state index contributed by atoms with van der Waals surface area (Å²) in [7, 11) is 0. The van der Waals surface area contributed by atoms with Gasteiger partial charge in [0.15, 0.2) is 6.10 Å². The SMILES string of the molecule is CC/C=C\C/C=C\C/C=C\C/C=C\C/C=C\C/C=C\C/C=C\C/C=C\C/C=C\C/C=C\CCCCCCC(=O)OCC(COC(=O)CCCCCCCCCC)OC(=O)CCCCCCCCCCC. The second-order valence-electron chi connectivity index (χ2n) is 18.5. The van der Waals surface area contributed by atoms with Crippen molar-refractivity contribution in [2.45, 2.75) is 252 Å². The van der Waals surface area contributed by atoms with Gasteiger partial charge < -0.3 is 14.2 Å². The topological polar surface area (TPSA) is 78.9 Å². The maximum Gasteiger partial charge on any atom is 0.306 e. The third-order valence-corrected chi connectivity index (χ3v) is 11.7. The molecule has 0 N–H and O–H groups in total. The second-order valence-corrected chi connectivity index (χ2v) is 18.5. The van der Waals surface area contributed by atoms with Crippen molar-refractivity contribution in [3.63, 3.8) is 0 Å². The van der Waals surface area contributed by atoms with E-state index in [9.17, 15) is 14.4 Å². The number of ether oxygens (including phenoxy) is 3. The maximum atomic E-state index is 12.7. The Kier molecular flexibility index (Phi) is 54.0. The molecule has 396 valence electrons. The standard InChI is InChI=1S/C64H104O6/c1-4-7-10-13-16-19-20-21-22-23-24-25-26-27-28-29-30-31-32-33-34-35-36-37-38-39-40-41-42-43-44-46-48-51-54-57-63(66)69-60-61(59-68-62(65)56-53-50-47-18-15-12-9-6-3)70-64(67)58-55-52-49-45-17-14-11-8-5-2/h7,10,16,19,21-22,24-25,27-28,30-31,33-34,36-37,39-40,42-43,61H,4-6,8-9,11-15,17-18,20,23,26,29,32,35,38,41,44-60H2,1-3H3/b10-7-,19-16-,22-21-,25-24-,28-27-,31-30-,34-33-,37-36-,40-39-,43-42-. The van der Waals surface area contributed by atoms with Crippen LogP contribution < -0.4 is 0 Å². The lowest BCUT2D eigenvalue weighted by atomic mass is 10.1. The fraction of sp³-hybridized carbons (Fsp3) is 0.641. The van der Waals surface area contributed by atoms with E-state index < -0.39 is 6.10 Å². The van der Waals surface area contributed by atoms with Gasteiger partial charge in [-0.2, -0.15) is 0 Å². The van der Waals surface area contributed by atoms with Crippen molar-refractivity contribution in [3.8, 4) is 0 Å². The molecule has 0 bridgehead atoms. The van der Waals surface area contributed by atoms with Crippen LogP contribution in [0.5, 0.6) is 0 Å². The van der Waals surface area contributed by atoms with E-state index in [-0.39, 0.29) is 31.1 Å². The van der Waals surface area contributed by atoms with Gasteiger partial charge in [0.2, 0.25) is 0 Å². The van der Waals surface area contributed by atoms with Gasteiger partial charge in [-0.1, -0.05) is 251 Å². The molecule has 0 saturated heterocycles. The summed E-state index contributed by atoms with van der Waals surface area (Å²) in [6.07, 6.45) is 79.4. The molecule has 0 aliphatic rings. The van der Waals surface area contributed by atoms with Crippen molar-refractivity contribution < 1.29 is 28.6 Å². The van der Waals surface area contributed by atoms with E-state index in [1.165, 1.54) is 70.6 Å². The molecule has 0 fully saturated rings. The molecule has 6 heteroatoms. The van der Waals surface area contributed by atoms with Crippen molar-refractivity contribution in [3.05, 3.63) is 122 Å². The zero-order valence-corrected chi connectivity index (χ0v) is 45.2. The van der Waals surface area contributed by atoms with E-state index >= 15 is 0 Å². The number of esters is 3. The highest BCUT2D eigenvalue weighted by Crippen LogP contribution is 2.14. The number of hydrogen-bond acceptors (Lipinski definition) is 6. The molecular formula is C64H104O6. The molecule has 0 heterocycles. The van der Waals surface area contributed by atoms with E-state index in [0.29, 0.717) is 19.3 Å². The highest BCUT2D eigenvalue weighted by molar-refractivity contribution is 5.71. The number of allylic oxidation sites excluding steroid dienone is 20. The van der Waals surface area contributed by atoms with Crippen molar-refractivity contribution >= 4 is 17.9 Å². The van der Waals surface area contributed by atoms with E-state index in [1.807, 2.05) is 0 Å². The number of carbonyl (C=O) groups is 3. The highest BCUT2D eigenvalue weighted by Gasteiger charge is 2.19. The van der Waals surface area contributed by atoms with E-state index in [2.05, 4.69) is 142 Å². The summed E-state index contributed by atoms with van der Waals surface area (Å²) in [6, 6.07) is 0. The minimum atomic E-state index is -0.784. The molecule has 0 aromatic carbocycles. The summed E-state index contributed by atoms with van der Waals surface area (Å²) in [6.45, 7) is 6.44. The van der Waals surface area contributed by atoms with Crippen LogP contribution >= 0.6 is 0 Å². The van der Waals surface area contributed by atoms with Crippen molar-refractivity contribution in [2.75, 3.05) is 13.2 Å². The first-order chi connectivity index (χ1) is 34.5. The minimum absolute atomic E-state index is 0.0852. The molecule has 6 nitrogen and oxygen atoms in total. The first-order valence-electron chi connectivity index (χ1n) is 28.5. The quantitative estimate of drug-likeness (QED) is 0.0262. The zero-order valence-electron chi connectivity index (χ0n) is 45.2. The van der Waals surface area contributed by atoms with Crippen LogP contribution in [0, 0.1) is 0 Å². The van der Waals surface area contributed by atoms with E-state index in [1.54, 1.807) is 0 Å². The number of hydrogen-bond donors (Lipinski definition) is 0. The lowest BCUT2D eigenvalue weighted by Gasteiger charge is -2.18. The Bertz CT molecular complexity index is 1490. The third kappa shape index (κ3) is 54.7. The molecule has 0 aliphatic heterocycles. The van der Waals surface area contributed by atoms with Crippen LogP contribution in [-0.4, -0.2) is 37.2 Å². The summed E-state index contributed by atoms with van der Waals surface area (Å²) in [5, 5.41) is 0. The molecule has 70 heavy (non-hydrogen) atoms. The summed E-state index contributed by atoms with van der Waals surface area (Å²) in [5.74, 6) is -0.923. The average Bonchev–Trinajstić information content (AvgIpc) is 3.36. The van der Waals surface area contributed by atoms with Gasteiger partial charge in [-0.3, -0.25) is 14.4 Å². The fourth-order valence-corrected chi connectivity index (χ4v) is 7.47. The summed E-state index contributed by atoms with van der Waals surface area (Å²) >= 11 is 0. The van der Waals surface area contributed by atoms with Gasteiger partial charge >= 0.3 is 17.9 Å². The molecule has 0 rings (SSSR count). The Morgan fingerprint density at radius 2 is 0.557 bits per heavy atom. The molecule has 0 aromatic rings. The monoisotopic (exact) mass is 969 g/mol. The average molecular weight is 970 g/mol. The summed E-state index contributed by atoms with van der Waals surface area (Å²) < 4.78 is 16.7. The summed E-state index contributed by atoms with van der Waals surface area (Å²) in [5.41, 5.74) is 0. The van der Waals surface area contributed by atoms with Crippen LogP contribution in [-0.2, 0) is 28.6 Å². The van der Waals surface area contributed by atoms with Gasteiger partial charge in [0.25, 0.3) is 0 Å². The van der Waals surface area contributed by atoms with Crippen LogP contribution in [0.15, 0.2) is 122 Å². The predicted octanol–water partition coefficient (Wildman–Crippen LogP) is 19.3. The lowest BCUT2D eigenvalue weighted by Crippen LogP contribution is -2.30. The lowest BCUT2D eigenvalue weighted by molar-refractivity contribution is -0.167. The first-order valence-corrected chi connectivity index (χ1v) is 28.5. The van der Waals surface area contributed by atoms with Crippen molar-refractivity contribution in [2.24, 2.45) is 0 Å². The van der Waals surface area contributed by atoms with Gasteiger partial charge in [0.05, 0.1) is 0 Å². The molecule has 1 unspecified atom stereocenters. The van der Waals surface area contributed by atoms with Crippen LogP contribution in [0.4, 0.5) is 0 Å². The fourth-order valence-electron chi connectivity index (χ4n) is 7.47. The zero-order chi connectivity index (χ0) is 50.7. The Morgan fingerprint density at radius 1 is 0.300 bits per heavy atom. The van der Waals surface area contributed by atoms with Gasteiger partial charge in [-0.25, -0.2) is 0 Å². The number of carbonyl (C=O) groups excluding carboxylic acids is 3. The van der Waals surface area contributed by atoms with Crippen LogP contribution in [0.2, 0.25) is 0 Å². The Labute approximate surface area is 431 Å². The Hall–Kier alpha value is -4.19. The molecule has 1 atom stereocenters. The molecule has 0 spiro atoms. The number of unbranched alkanes of at least 4 members (excludes halogenated alkanes) is 19. The van der Waals surface area contributed by atoms with Gasteiger partial charge in [0, 0.05) is 19.3 Å². The first kappa shape index (κ1) is 65.8. The van der Waals surface area contributed by atoms with Crippen molar-refractivity contribution in [1.29, 1.82) is 0 Å². The Balaban J connectivity index is 4.14. The second kappa shape index (κ2) is 57.4.